The molecule has 4 nitrogen and oxygen atoms in total. The SMILES string of the molecule is CCN(Cc1ccccc1)c1ncnc(NC)c1C(C)C. The van der Waals surface area contributed by atoms with E-state index < -0.39 is 0 Å². The van der Waals surface area contributed by atoms with E-state index in [-0.39, 0.29) is 0 Å². The van der Waals surface area contributed by atoms with Gasteiger partial charge in [0.1, 0.15) is 18.0 Å². The standard InChI is InChI=1S/C17H24N4/c1-5-21(11-14-9-7-6-8-10-14)17-15(13(2)3)16(18-4)19-12-20-17/h6-10,12-13H,5,11H2,1-4H3,(H,18,19,20). The van der Waals surface area contributed by atoms with E-state index >= 15 is 0 Å². The number of nitrogens with zero attached hydrogens (tertiary/aromatic N) is 3. The summed E-state index contributed by atoms with van der Waals surface area (Å²) in [7, 11) is 1.91. The lowest BCUT2D eigenvalue weighted by Gasteiger charge is -2.26. The summed E-state index contributed by atoms with van der Waals surface area (Å²) in [5.74, 6) is 2.31. The third-order valence-electron chi connectivity index (χ3n) is 3.57. The Bertz CT molecular complexity index is 566. The zero-order chi connectivity index (χ0) is 15.2. The minimum absolute atomic E-state index is 0.369. The molecular weight excluding hydrogens is 260 g/mol. The van der Waals surface area contributed by atoms with E-state index in [1.165, 1.54) is 11.1 Å². The first-order valence-corrected chi connectivity index (χ1v) is 7.48. The van der Waals surface area contributed by atoms with E-state index in [1.54, 1.807) is 6.33 Å². The summed E-state index contributed by atoms with van der Waals surface area (Å²) < 4.78 is 0. The second-order valence-corrected chi connectivity index (χ2v) is 5.36. The summed E-state index contributed by atoms with van der Waals surface area (Å²) in [6.07, 6.45) is 1.64. The van der Waals surface area contributed by atoms with Crippen LogP contribution >= 0.6 is 0 Å². The molecule has 0 amide bonds. The molecule has 0 aliphatic carbocycles. The Morgan fingerprint density at radius 2 is 1.86 bits per heavy atom. The van der Waals surface area contributed by atoms with Gasteiger partial charge in [-0.25, -0.2) is 9.97 Å². The summed E-state index contributed by atoms with van der Waals surface area (Å²) in [5, 5.41) is 3.18. The summed E-state index contributed by atoms with van der Waals surface area (Å²) >= 11 is 0. The van der Waals surface area contributed by atoms with E-state index in [0.717, 1.165) is 24.7 Å². The smallest absolute Gasteiger partial charge is 0.137 e. The Kier molecular flexibility index (Phi) is 5.14. The van der Waals surface area contributed by atoms with Gasteiger partial charge in [-0.05, 0) is 18.4 Å². The first kappa shape index (κ1) is 15.3. The third-order valence-corrected chi connectivity index (χ3v) is 3.57. The molecule has 2 rings (SSSR count). The van der Waals surface area contributed by atoms with Gasteiger partial charge in [-0.3, -0.25) is 0 Å². The number of hydrogen-bond donors (Lipinski definition) is 1. The summed E-state index contributed by atoms with van der Waals surface area (Å²) in [4.78, 5) is 11.2. The van der Waals surface area contributed by atoms with Crippen LogP contribution in [0.25, 0.3) is 0 Å². The molecule has 1 heterocycles. The normalized spacial score (nSPS) is 10.7. The van der Waals surface area contributed by atoms with Gasteiger partial charge in [0.25, 0.3) is 0 Å². The van der Waals surface area contributed by atoms with Crippen LogP contribution in [0.5, 0.6) is 0 Å². The molecule has 1 aromatic heterocycles. The van der Waals surface area contributed by atoms with Crippen molar-refractivity contribution >= 4 is 11.6 Å². The van der Waals surface area contributed by atoms with Crippen molar-refractivity contribution in [2.24, 2.45) is 0 Å². The summed E-state index contributed by atoms with van der Waals surface area (Å²) in [5.41, 5.74) is 2.47. The first-order valence-electron chi connectivity index (χ1n) is 7.48. The van der Waals surface area contributed by atoms with E-state index in [1.807, 2.05) is 13.1 Å². The lowest BCUT2D eigenvalue weighted by Crippen LogP contribution is -2.25. The van der Waals surface area contributed by atoms with Crippen molar-refractivity contribution in [3.63, 3.8) is 0 Å². The molecule has 0 aliphatic rings. The van der Waals surface area contributed by atoms with Crippen LogP contribution in [-0.2, 0) is 6.54 Å². The van der Waals surface area contributed by atoms with Crippen LogP contribution in [-0.4, -0.2) is 23.6 Å². The molecule has 0 aliphatic heterocycles. The fourth-order valence-electron chi connectivity index (χ4n) is 2.51. The van der Waals surface area contributed by atoms with Crippen LogP contribution in [0.4, 0.5) is 11.6 Å². The van der Waals surface area contributed by atoms with Gasteiger partial charge in [0, 0.05) is 25.7 Å². The average molecular weight is 284 g/mol. The van der Waals surface area contributed by atoms with Gasteiger partial charge in [0.15, 0.2) is 0 Å². The molecule has 0 radical (unpaired) electrons. The van der Waals surface area contributed by atoms with Crippen LogP contribution in [0.3, 0.4) is 0 Å². The van der Waals surface area contributed by atoms with Crippen LogP contribution in [0.1, 0.15) is 37.8 Å². The molecule has 2 aromatic rings. The van der Waals surface area contributed by atoms with Crippen LogP contribution in [0, 0.1) is 0 Å². The van der Waals surface area contributed by atoms with Crippen LogP contribution in [0.15, 0.2) is 36.7 Å². The second kappa shape index (κ2) is 7.07. The molecule has 0 bridgehead atoms. The van der Waals surface area contributed by atoms with Crippen LogP contribution < -0.4 is 10.2 Å². The van der Waals surface area contributed by atoms with Gasteiger partial charge in [-0.2, -0.15) is 0 Å². The zero-order valence-corrected chi connectivity index (χ0v) is 13.3. The van der Waals surface area contributed by atoms with Gasteiger partial charge in [0.2, 0.25) is 0 Å². The molecule has 112 valence electrons. The minimum Gasteiger partial charge on any atom is -0.373 e. The number of aromatic nitrogens is 2. The van der Waals surface area contributed by atoms with Crippen molar-refractivity contribution in [2.45, 2.75) is 33.2 Å². The largest absolute Gasteiger partial charge is 0.373 e. The summed E-state index contributed by atoms with van der Waals surface area (Å²) in [6.45, 7) is 8.29. The lowest BCUT2D eigenvalue weighted by atomic mass is 10.0. The number of rotatable bonds is 6. The first-order chi connectivity index (χ1) is 10.2. The zero-order valence-electron chi connectivity index (χ0n) is 13.3. The third kappa shape index (κ3) is 3.51. The van der Waals surface area contributed by atoms with Crippen molar-refractivity contribution < 1.29 is 0 Å². The molecular formula is C17H24N4. The molecule has 0 unspecified atom stereocenters. The Morgan fingerprint density at radius 3 is 2.43 bits per heavy atom. The minimum atomic E-state index is 0.369. The monoisotopic (exact) mass is 284 g/mol. The van der Waals surface area contributed by atoms with E-state index in [4.69, 9.17) is 0 Å². The van der Waals surface area contributed by atoms with E-state index in [0.29, 0.717) is 5.92 Å². The van der Waals surface area contributed by atoms with Crippen molar-refractivity contribution in [3.8, 4) is 0 Å². The van der Waals surface area contributed by atoms with Crippen molar-refractivity contribution in [3.05, 3.63) is 47.8 Å². The molecule has 0 fully saturated rings. The number of nitrogens with one attached hydrogen (secondary N) is 1. The predicted octanol–water partition coefficient (Wildman–Crippen LogP) is 3.67. The fourth-order valence-corrected chi connectivity index (χ4v) is 2.51. The Labute approximate surface area is 127 Å². The second-order valence-electron chi connectivity index (χ2n) is 5.36. The van der Waals surface area contributed by atoms with Crippen molar-refractivity contribution in [2.75, 3.05) is 23.8 Å². The molecule has 21 heavy (non-hydrogen) atoms. The van der Waals surface area contributed by atoms with Gasteiger partial charge in [-0.15, -0.1) is 0 Å². The highest BCUT2D eigenvalue weighted by molar-refractivity contribution is 5.60. The van der Waals surface area contributed by atoms with Gasteiger partial charge < -0.3 is 10.2 Å². The lowest BCUT2D eigenvalue weighted by molar-refractivity contribution is 0.772. The molecule has 0 atom stereocenters. The maximum absolute atomic E-state index is 4.55. The molecule has 1 aromatic carbocycles. The highest BCUT2D eigenvalue weighted by Gasteiger charge is 2.18. The average Bonchev–Trinajstić information content (AvgIpc) is 2.52. The van der Waals surface area contributed by atoms with Gasteiger partial charge in [-0.1, -0.05) is 44.2 Å². The van der Waals surface area contributed by atoms with Crippen molar-refractivity contribution in [1.82, 2.24) is 9.97 Å². The maximum Gasteiger partial charge on any atom is 0.137 e. The molecule has 4 heteroatoms. The van der Waals surface area contributed by atoms with Crippen molar-refractivity contribution in [1.29, 1.82) is 0 Å². The Balaban J connectivity index is 2.38. The van der Waals surface area contributed by atoms with Gasteiger partial charge in [0.05, 0.1) is 0 Å². The topological polar surface area (TPSA) is 41.1 Å². The molecule has 0 saturated heterocycles. The van der Waals surface area contributed by atoms with Gasteiger partial charge >= 0.3 is 0 Å². The maximum atomic E-state index is 4.55. The number of anilines is 2. The Morgan fingerprint density at radius 1 is 1.14 bits per heavy atom. The predicted molar refractivity (Wildman–Crippen MR) is 88.8 cm³/mol. The molecule has 0 saturated carbocycles. The highest BCUT2D eigenvalue weighted by atomic mass is 15.2. The van der Waals surface area contributed by atoms with E-state index in [9.17, 15) is 0 Å². The summed E-state index contributed by atoms with van der Waals surface area (Å²) in [6, 6.07) is 10.5. The molecule has 0 spiro atoms. The van der Waals surface area contributed by atoms with E-state index in [2.05, 4.69) is 65.2 Å². The quantitative estimate of drug-likeness (QED) is 0.878. The fraction of sp³-hybridized carbons (Fsp3) is 0.412. The Hall–Kier alpha value is -2.10. The highest BCUT2D eigenvalue weighted by Crippen LogP contribution is 2.31. The number of hydrogen-bond acceptors (Lipinski definition) is 4. The molecule has 1 N–H and O–H groups in total. The van der Waals surface area contributed by atoms with Crippen LogP contribution in [0.2, 0.25) is 0 Å². The number of benzene rings is 1.